The van der Waals surface area contributed by atoms with Crippen molar-refractivity contribution < 1.29 is 18.0 Å². The van der Waals surface area contributed by atoms with Gasteiger partial charge < -0.3 is 10.6 Å². The maximum Gasteiger partial charge on any atom is 0.471 e. The molecule has 1 aromatic rings. The maximum atomic E-state index is 12.1. The van der Waals surface area contributed by atoms with Crippen LogP contribution in [0.1, 0.15) is 11.3 Å². The minimum absolute atomic E-state index is 0.106. The van der Waals surface area contributed by atoms with Crippen molar-refractivity contribution in [2.75, 3.05) is 11.9 Å². The number of halogens is 3. The summed E-state index contributed by atoms with van der Waals surface area (Å²) < 4.78 is 37.7. The highest BCUT2D eigenvalue weighted by molar-refractivity contribution is 5.94. The van der Waals surface area contributed by atoms with Gasteiger partial charge in [-0.15, -0.1) is 0 Å². The molecule has 17 heavy (non-hydrogen) atoms. The lowest BCUT2D eigenvalue weighted by atomic mass is 10.1. The van der Waals surface area contributed by atoms with Crippen LogP contribution in [-0.4, -0.2) is 28.4 Å². The molecule has 0 bridgehead atoms. The van der Waals surface area contributed by atoms with Crippen molar-refractivity contribution in [2.24, 2.45) is 7.05 Å². The van der Waals surface area contributed by atoms with Gasteiger partial charge in [-0.2, -0.15) is 18.3 Å². The molecule has 2 heterocycles. The van der Waals surface area contributed by atoms with E-state index in [2.05, 4.69) is 10.4 Å². The van der Waals surface area contributed by atoms with Gasteiger partial charge in [0, 0.05) is 32.1 Å². The summed E-state index contributed by atoms with van der Waals surface area (Å²) in [6.45, 7) is 1.15. The summed E-state index contributed by atoms with van der Waals surface area (Å²) in [5, 5.41) is 8.96. The van der Waals surface area contributed by atoms with Crippen molar-refractivity contribution in [2.45, 2.75) is 19.1 Å². The maximum absolute atomic E-state index is 12.1. The smallest absolute Gasteiger partial charge is 0.312 e. The number of nitrogens with one attached hydrogen (secondary N) is 2. The summed E-state index contributed by atoms with van der Waals surface area (Å²) in [6.07, 6.45) is -4.25. The molecule has 2 rings (SSSR count). The zero-order chi connectivity index (χ0) is 12.6. The van der Waals surface area contributed by atoms with Crippen LogP contribution in [0.4, 0.5) is 19.0 Å². The highest BCUT2D eigenvalue weighted by Crippen LogP contribution is 2.24. The Morgan fingerprint density at radius 2 is 2.24 bits per heavy atom. The van der Waals surface area contributed by atoms with Gasteiger partial charge in [0.2, 0.25) is 0 Å². The van der Waals surface area contributed by atoms with Crippen molar-refractivity contribution >= 4 is 11.7 Å². The molecule has 0 unspecified atom stereocenters. The summed E-state index contributed by atoms with van der Waals surface area (Å²) in [7, 11) is 1.50. The number of amides is 1. The first-order chi connectivity index (χ1) is 7.89. The van der Waals surface area contributed by atoms with Gasteiger partial charge in [-0.3, -0.25) is 9.48 Å². The van der Waals surface area contributed by atoms with Crippen LogP contribution in [0.3, 0.4) is 0 Å². The molecule has 0 aromatic carbocycles. The summed E-state index contributed by atoms with van der Waals surface area (Å²) in [4.78, 5) is 10.9. The molecule has 0 spiro atoms. The van der Waals surface area contributed by atoms with Crippen molar-refractivity contribution in [3.8, 4) is 0 Å². The van der Waals surface area contributed by atoms with Crippen LogP contribution in [0.15, 0.2) is 0 Å². The van der Waals surface area contributed by atoms with Crippen molar-refractivity contribution in [1.82, 2.24) is 15.1 Å². The first-order valence-corrected chi connectivity index (χ1v) is 5.03. The Morgan fingerprint density at radius 3 is 2.88 bits per heavy atom. The zero-order valence-electron chi connectivity index (χ0n) is 9.06. The second-order valence-corrected chi connectivity index (χ2v) is 3.78. The Hall–Kier alpha value is -1.57. The number of alkyl halides is 3. The summed E-state index contributed by atoms with van der Waals surface area (Å²) in [5.41, 5.74) is 1.35. The zero-order valence-corrected chi connectivity index (χ0v) is 9.06. The molecular formula is C9H11F3N4O. The third-order valence-electron chi connectivity index (χ3n) is 2.56. The van der Waals surface area contributed by atoms with Crippen molar-refractivity contribution in [3.05, 3.63) is 11.3 Å². The molecule has 0 atom stereocenters. The molecular weight excluding hydrogens is 237 g/mol. The van der Waals surface area contributed by atoms with Crippen molar-refractivity contribution in [1.29, 1.82) is 0 Å². The third-order valence-corrected chi connectivity index (χ3v) is 2.56. The van der Waals surface area contributed by atoms with Crippen molar-refractivity contribution in [3.63, 3.8) is 0 Å². The standard InChI is InChI=1S/C9H11F3N4O/c1-16-7(14-8(17)9(10,11)12)5-4-13-3-2-6(5)15-16/h13H,2-4H2,1H3,(H,14,17). The molecule has 0 saturated heterocycles. The summed E-state index contributed by atoms with van der Waals surface area (Å²) >= 11 is 0. The second kappa shape index (κ2) is 4.02. The normalized spacial score (nSPS) is 15.5. The van der Waals surface area contributed by atoms with E-state index in [-0.39, 0.29) is 5.82 Å². The lowest BCUT2D eigenvalue weighted by Gasteiger charge is -2.14. The van der Waals surface area contributed by atoms with E-state index in [0.29, 0.717) is 18.5 Å². The van der Waals surface area contributed by atoms with Crippen LogP contribution >= 0.6 is 0 Å². The number of carbonyl (C=O) groups is 1. The molecule has 0 aliphatic carbocycles. The second-order valence-electron chi connectivity index (χ2n) is 3.78. The van der Waals surface area contributed by atoms with E-state index < -0.39 is 12.1 Å². The van der Waals surface area contributed by atoms with Crippen LogP contribution < -0.4 is 10.6 Å². The first-order valence-electron chi connectivity index (χ1n) is 5.03. The molecule has 5 nitrogen and oxygen atoms in total. The molecule has 1 amide bonds. The number of hydrogen-bond donors (Lipinski definition) is 2. The fourth-order valence-corrected chi connectivity index (χ4v) is 1.76. The topological polar surface area (TPSA) is 59.0 Å². The quantitative estimate of drug-likeness (QED) is 0.763. The number of nitrogens with zero attached hydrogens (tertiary/aromatic N) is 2. The van der Waals surface area contributed by atoms with E-state index in [0.717, 1.165) is 12.2 Å². The Morgan fingerprint density at radius 1 is 1.53 bits per heavy atom. The van der Waals surface area contributed by atoms with E-state index in [1.54, 1.807) is 0 Å². The molecule has 94 valence electrons. The van der Waals surface area contributed by atoms with Crippen LogP contribution in [0, 0.1) is 0 Å². The van der Waals surface area contributed by atoms with E-state index in [4.69, 9.17) is 0 Å². The lowest BCUT2D eigenvalue weighted by molar-refractivity contribution is -0.167. The van der Waals surface area contributed by atoms with Crippen LogP contribution in [0.2, 0.25) is 0 Å². The molecule has 1 aliphatic rings. The Balaban J connectivity index is 2.27. The van der Waals surface area contributed by atoms with Gasteiger partial charge in [-0.1, -0.05) is 0 Å². The van der Waals surface area contributed by atoms with Gasteiger partial charge in [0.25, 0.3) is 0 Å². The average molecular weight is 248 g/mol. The van der Waals surface area contributed by atoms with E-state index >= 15 is 0 Å². The van der Waals surface area contributed by atoms with Gasteiger partial charge in [0.15, 0.2) is 0 Å². The van der Waals surface area contributed by atoms with Gasteiger partial charge in [-0.25, -0.2) is 0 Å². The summed E-state index contributed by atoms with van der Waals surface area (Å²) in [6, 6.07) is 0. The van der Waals surface area contributed by atoms with E-state index in [1.807, 2.05) is 5.32 Å². The molecule has 8 heteroatoms. The van der Waals surface area contributed by atoms with E-state index in [9.17, 15) is 18.0 Å². The number of carbonyl (C=O) groups excluding carboxylic acids is 1. The third kappa shape index (κ3) is 2.26. The van der Waals surface area contributed by atoms with Crippen LogP contribution in [0.5, 0.6) is 0 Å². The number of aromatic nitrogens is 2. The molecule has 2 N–H and O–H groups in total. The number of aryl methyl sites for hydroxylation is 1. The predicted molar refractivity (Wildman–Crippen MR) is 53.3 cm³/mol. The SMILES string of the molecule is Cn1nc2c(c1NC(=O)C(F)(F)F)CNCC2. The molecule has 0 saturated carbocycles. The fraction of sp³-hybridized carbons (Fsp3) is 0.556. The Bertz CT molecular complexity index is 452. The molecule has 0 radical (unpaired) electrons. The number of rotatable bonds is 1. The minimum atomic E-state index is -4.89. The number of hydrogen-bond acceptors (Lipinski definition) is 3. The van der Waals surface area contributed by atoms with Crippen LogP contribution in [0.25, 0.3) is 0 Å². The van der Waals surface area contributed by atoms with Gasteiger partial charge in [0.05, 0.1) is 5.69 Å². The Kier molecular flexibility index (Phi) is 2.82. The average Bonchev–Trinajstić information content (AvgIpc) is 2.54. The fourth-order valence-electron chi connectivity index (χ4n) is 1.76. The molecule has 1 aliphatic heterocycles. The Labute approximate surface area is 95.0 Å². The largest absolute Gasteiger partial charge is 0.471 e. The summed E-state index contributed by atoms with van der Waals surface area (Å²) in [5.74, 6) is -1.87. The first kappa shape index (κ1) is 11.9. The van der Waals surface area contributed by atoms with Crippen LogP contribution in [-0.2, 0) is 24.8 Å². The monoisotopic (exact) mass is 248 g/mol. The van der Waals surface area contributed by atoms with E-state index in [1.165, 1.54) is 11.7 Å². The predicted octanol–water partition coefficient (Wildman–Crippen LogP) is 0.567. The minimum Gasteiger partial charge on any atom is -0.312 e. The highest BCUT2D eigenvalue weighted by atomic mass is 19.4. The molecule has 0 fully saturated rings. The number of anilines is 1. The van der Waals surface area contributed by atoms with Gasteiger partial charge >= 0.3 is 12.1 Å². The van der Waals surface area contributed by atoms with Gasteiger partial charge in [0.1, 0.15) is 5.82 Å². The van der Waals surface area contributed by atoms with Gasteiger partial charge in [-0.05, 0) is 0 Å². The highest BCUT2D eigenvalue weighted by Gasteiger charge is 2.39. The number of fused-ring (bicyclic) bond motifs is 1. The molecule has 1 aromatic heterocycles. The lowest BCUT2D eigenvalue weighted by Crippen LogP contribution is -2.32.